The maximum absolute atomic E-state index is 12.3. The van der Waals surface area contributed by atoms with E-state index in [1.165, 1.54) is 10.6 Å². The zero-order valence-corrected chi connectivity index (χ0v) is 12.0. The molecular weight excluding hydrogens is 288 g/mol. The van der Waals surface area contributed by atoms with E-state index in [2.05, 4.69) is 5.32 Å². The lowest BCUT2D eigenvalue weighted by molar-refractivity contribution is 0.102. The minimum atomic E-state index is -0.464. The van der Waals surface area contributed by atoms with Crippen molar-refractivity contribution in [3.63, 3.8) is 0 Å². The predicted octanol–water partition coefficient (Wildman–Crippen LogP) is 2.56. The lowest BCUT2D eigenvalue weighted by atomic mass is 10.2. The Morgan fingerprint density at radius 1 is 1.24 bits per heavy atom. The van der Waals surface area contributed by atoms with Crippen LogP contribution in [0, 0.1) is 0 Å². The molecule has 0 aliphatic rings. The zero-order chi connectivity index (χ0) is 15.0. The molecule has 0 atom stereocenters. The Kier molecular flexibility index (Phi) is 3.23. The second kappa shape index (κ2) is 5.06. The van der Waals surface area contributed by atoms with Crippen molar-refractivity contribution in [1.82, 2.24) is 4.57 Å². The highest BCUT2D eigenvalue weighted by Gasteiger charge is 2.16. The molecule has 0 aliphatic heterocycles. The van der Waals surface area contributed by atoms with Gasteiger partial charge in [0, 0.05) is 24.2 Å². The fraction of sp³-hybridized carbons (Fsp3) is 0.0667. The molecule has 21 heavy (non-hydrogen) atoms. The lowest BCUT2D eigenvalue weighted by Crippen LogP contribution is -2.27. The van der Waals surface area contributed by atoms with E-state index in [4.69, 9.17) is 0 Å². The van der Waals surface area contributed by atoms with E-state index < -0.39 is 11.5 Å². The topological polar surface area (TPSA) is 71.3 Å². The van der Waals surface area contributed by atoms with Gasteiger partial charge >= 0.3 is 0 Å². The Hall–Kier alpha value is -2.60. The molecule has 3 aromatic rings. The Balaban J connectivity index is 2.06. The first-order valence-corrected chi connectivity index (χ1v) is 7.07. The number of hydrogen-bond donors (Lipinski definition) is 2. The number of aryl methyl sites for hydroxylation is 1. The number of hydrogen-bond acceptors (Lipinski definition) is 4. The number of para-hydroxylation sites is 1. The molecule has 0 saturated carbocycles. The maximum Gasteiger partial charge on any atom is 0.264 e. The van der Waals surface area contributed by atoms with Crippen molar-refractivity contribution < 1.29 is 9.90 Å². The predicted molar refractivity (Wildman–Crippen MR) is 83.1 cm³/mol. The molecule has 5 nitrogen and oxygen atoms in total. The molecule has 0 spiro atoms. The van der Waals surface area contributed by atoms with Gasteiger partial charge in [0.2, 0.25) is 0 Å². The maximum atomic E-state index is 12.3. The molecule has 0 unspecified atom stereocenters. The van der Waals surface area contributed by atoms with Crippen LogP contribution in [0.25, 0.3) is 10.2 Å². The number of nitrogens with zero attached hydrogens (tertiary/aromatic N) is 1. The van der Waals surface area contributed by atoms with Crippen LogP contribution in [0.1, 0.15) is 10.4 Å². The molecule has 2 N–H and O–H groups in total. The monoisotopic (exact) mass is 300 g/mol. The van der Waals surface area contributed by atoms with Gasteiger partial charge in [-0.3, -0.25) is 9.59 Å². The van der Waals surface area contributed by atoms with Crippen LogP contribution < -0.4 is 10.9 Å². The molecule has 0 radical (unpaired) electrons. The second-order valence-electron chi connectivity index (χ2n) is 4.59. The highest BCUT2D eigenvalue weighted by Crippen LogP contribution is 2.29. The first-order valence-electron chi connectivity index (χ1n) is 6.25. The van der Waals surface area contributed by atoms with Gasteiger partial charge in [-0.15, -0.1) is 0 Å². The van der Waals surface area contributed by atoms with Crippen molar-refractivity contribution in [2.45, 2.75) is 0 Å². The molecule has 1 aromatic carbocycles. The summed E-state index contributed by atoms with van der Waals surface area (Å²) in [6, 6.07) is 12.0. The van der Waals surface area contributed by atoms with E-state index in [0.717, 1.165) is 11.3 Å². The minimum absolute atomic E-state index is 0.0478. The van der Waals surface area contributed by atoms with Crippen molar-refractivity contribution in [3.05, 3.63) is 58.4 Å². The normalized spacial score (nSPS) is 10.7. The Labute approximate surface area is 124 Å². The molecule has 106 valence electrons. The van der Waals surface area contributed by atoms with Crippen molar-refractivity contribution in [1.29, 1.82) is 0 Å². The molecular formula is C15H12N2O3S. The minimum Gasteiger partial charge on any atom is -0.499 e. The highest BCUT2D eigenvalue weighted by atomic mass is 32.1. The third-order valence-electron chi connectivity index (χ3n) is 3.14. The number of aromatic hydroxyl groups is 1. The summed E-state index contributed by atoms with van der Waals surface area (Å²) in [7, 11) is 1.58. The lowest BCUT2D eigenvalue weighted by Gasteiger charge is -2.07. The van der Waals surface area contributed by atoms with Gasteiger partial charge in [0.15, 0.2) is 5.06 Å². The van der Waals surface area contributed by atoms with E-state index in [1.807, 2.05) is 6.07 Å². The average molecular weight is 300 g/mol. The van der Waals surface area contributed by atoms with Crippen LogP contribution in [-0.2, 0) is 7.05 Å². The number of aromatic nitrogens is 1. The molecule has 6 heteroatoms. The van der Waals surface area contributed by atoms with Gasteiger partial charge in [-0.25, -0.2) is 0 Å². The van der Waals surface area contributed by atoms with Gasteiger partial charge in [0.25, 0.3) is 11.5 Å². The van der Waals surface area contributed by atoms with E-state index in [9.17, 15) is 14.7 Å². The van der Waals surface area contributed by atoms with Crippen molar-refractivity contribution in [3.8, 4) is 5.06 Å². The van der Waals surface area contributed by atoms with E-state index in [1.54, 1.807) is 37.4 Å². The van der Waals surface area contributed by atoms with Gasteiger partial charge < -0.3 is 15.0 Å². The zero-order valence-electron chi connectivity index (χ0n) is 11.2. The second-order valence-corrected chi connectivity index (χ2v) is 5.60. The standard InChI is InChI=1S/C15H12N2O3S/c1-17-14(20)11(7-9-8-12(18)21-15(9)17)13(19)16-10-5-3-2-4-6-10/h2-8,18H,1H3,(H,16,19). The summed E-state index contributed by atoms with van der Waals surface area (Å²) in [4.78, 5) is 25.1. The fourth-order valence-corrected chi connectivity index (χ4v) is 2.96. The number of thiophene rings is 1. The van der Waals surface area contributed by atoms with Crippen molar-refractivity contribution >= 4 is 33.1 Å². The van der Waals surface area contributed by atoms with Gasteiger partial charge in [0.05, 0.1) is 0 Å². The number of carbonyl (C=O) groups is 1. The van der Waals surface area contributed by atoms with Crippen molar-refractivity contribution in [2.24, 2.45) is 7.05 Å². The fourth-order valence-electron chi connectivity index (χ4n) is 2.12. The Morgan fingerprint density at radius 3 is 2.67 bits per heavy atom. The average Bonchev–Trinajstić information content (AvgIpc) is 2.85. The number of rotatable bonds is 2. The van der Waals surface area contributed by atoms with Gasteiger partial charge in [-0.1, -0.05) is 29.5 Å². The summed E-state index contributed by atoms with van der Waals surface area (Å²) in [5.41, 5.74) is 0.280. The number of anilines is 1. The number of amides is 1. The summed E-state index contributed by atoms with van der Waals surface area (Å²) in [6.07, 6.45) is 0. The van der Waals surface area contributed by atoms with Crippen LogP contribution in [0.2, 0.25) is 0 Å². The van der Waals surface area contributed by atoms with Crippen LogP contribution >= 0.6 is 11.3 Å². The molecule has 1 amide bonds. The molecule has 0 saturated heterocycles. The summed E-state index contributed by atoms with van der Waals surface area (Å²) < 4.78 is 1.37. The number of carbonyl (C=O) groups excluding carboxylic acids is 1. The molecule has 0 bridgehead atoms. The summed E-state index contributed by atoms with van der Waals surface area (Å²) >= 11 is 1.10. The first kappa shape index (κ1) is 13.4. The third-order valence-corrected chi connectivity index (χ3v) is 4.17. The number of benzene rings is 1. The third kappa shape index (κ3) is 2.41. The summed E-state index contributed by atoms with van der Waals surface area (Å²) in [5, 5.41) is 13.0. The number of fused-ring (bicyclic) bond motifs is 1. The van der Waals surface area contributed by atoms with E-state index >= 15 is 0 Å². The summed E-state index contributed by atoms with van der Waals surface area (Å²) in [5.74, 6) is -0.464. The van der Waals surface area contributed by atoms with Crippen LogP contribution in [0.5, 0.6) is 5.06 Å². The quantitative estimate of drug-likeness (QED) is 0.764. The van der Waals surface area contributed by atoms with Crippen molar-refractivity contribution in [2.75, 3.05) is 5.32 Å². The van der Waals surface area contributed by atoms with Crippen LogP contribution in [-0.4, -0.2) is 15.6 Å². The SMILES string of the molecule is Cn1c(=O)c(C(=O)Nc2ccccc2)cc2cc(O)sc21. The summed E-state index contributed by atoms with van der Waals surface area (Å²) in [6.45, 7) is 0. The van der Waals surface area contributed by atoms with Gasteiger partial charge in [-0.2, -0.15) is 0 Å². The van der Waals surface area contributed by atoms with Gasteiger partial charge in [0.1, 0.15) is 10.4 Å². The number of pyridine rings is 1. The largest absolute Gasteiger partial charge is 0.499 e. The number of nitrogens with one attached hydrogen (secondary N) is 1. The molecule has 2 aromatic heterocycles. The van der Waals surface area contributed by atoms with Crippen LogP contribution in [0.4, 0.5) is 5.69 Å². The smallest absolute Gasteiger partial charge is 0.264 e. The molecule has 0 aliphatic carbocycles. The van der Waals surface area contributed by atoms with Gasteiger partial charge in [-0.05, 0) is 18.2 Å². The highest BCUT2D eigenvalue weighted by molar-refractivity contribution is 7.20. The van der Waals surface area contributed by atoms with Crippen LogP contribution in [0.3, 0.4) is 0 Å². The van der Waals surface area contributed by atoms with Crippen LogP contribution in [0.15, 0.2) is 47.3 Å². The Bertz CT molecular complexity index is 881. The molecule has 3 rings (SSSR count). The molecule has 2 heterocycles. The van der Waals surface area contributed by atoms with E-state index in [-0.39, 0.29) is 10.6 Å². The Morgan fingerprint density at radius 2 is 1.95 bits per heavy atom. The molecule has 0 fully saturated rings. The van der Waals surface area contributed by atoms with E-state index in [0.29, 0.717) is 15.9 Å². The first-order chi connectivity index (χ1) is 10.1.